The van der Waals surface area contributed by atoms with Gasteiger partial charge in [0.2, 0.25) is 0 Å². The summed E-state index contributed by atoms with van der Waals surface area (Å²) < 4.78 is 0. The quantitative estimate of drug-likeness (QED) is 0.546. The fraction of sp³-hybridized carbons (Fsp3) is 0.857. The van der Waals surface area contributed by atoms with Crippen molar-refractivity contribution in [3.05, 3.63) is 0 Å². The van der Waals surface area contributed by atoms with Gasteiger partial charge >= 0.3 is 5.97 Å². The van der Waals surface area contributed by atoms with Crippen LogP contribution in [0.4, 0.5) is 0 Å². The number of Topliss-reactive ketones (excluding diaryl/α,β-unsaturated/α-hetero) is 1. The number of carbonyl (C=O) groups excluding carboxylic acids is 2. The van der Waals surface area contributed by atoms with Crippen LogP contribution in [-0.2, 0) is 14.4 Å². The summed E-state index contributed by atoms with van der Waals surface area (Å²) in [4.78, 5) is 31.2. The van der Waals surface area contributed by atoms with E-state index in [4.69, 9.17) is 4.84 Å². The zero-order valence-electron chi connectivity index (χ0n) is 16.5. The van der Waals surface area contributed by atoms with E-state index >= 15 is 0 Å². The molecule has 0 radical (unpaired) electrons. The largest absolute Gasteiger partial charge is 0.342 e. The van der Waals surface area contributed by atoms with Crippen molar-refractivity contribution in [2.24, 2.45) is 38.1 Å². The van der Waals surface area contributed by atoms with Crippen LogP contribution in [0.3, 0.4) is 0 Å². The minimum absolute atomic E-state index is 0.0286. The van der Waals surface area contributed by atoms with Gasteiger partial charge in [-0.15, -0.1) is 0 Å². The maximum absolute atomic E-state index is 13.1. The molecule has 0 aromatic heterocycles. The first kappa shape index (κ1) is 17.2. The molecule has 0 amide bonds. The zero-order valence-corrected chi connectivity index (χ0v) is 16.5. The molecule has 4 bridgehead atoms. The van der Waals surface area contributed by atoms with Crippen molar-refractivity contribution in [1.29, 1.82) is 0 Å². The smallest absolute Gasteiger partial charge is 0.318 e. The minimum Gasteiger partial charge on any atom is -0.318 e. The van der Waals surface area contributed by atoms with Gasteiger partial charge in [-0.3, -0.25) is 4.79 Å². The number of rotatable bonds is 2. The Hall–Kier alpha value is -1.19. The average Bonchev–Trinajstić information content (AvgIpc) is 3.02. The number of hydrogen-bond donors (Lipinski definition) is 0. The molecule has 138 valence electrons. The lowest BCUT2D eigenvalue weighted by Crippen LogP contribution is -2.41. The van der Waals surface area contributed by atoms with E-state index in [0.29, 0.717) is 12.3 Å². The van der Waals surface area contributed by atoms with Crippen molar-refractivity contribution >= 4 is 17.5 Å². The first-order valence-corrected chi connectivity index (χ1v) is 9.75. The summed E-state index contributed by atoms with van der Waals surface area (Å²) in [7, 11) is 0. The van der Waals surface area contributed by atoms with E-state index < -0.39 is 10.8 Å². The lowest BCUT2D eigenvalue weighted by molar-refractivity contribution is -0.162. The fourth-order valence-corrected chi connectivity index (χ4v) is 6.56. The molecular weight excluding hydrogens is 314 g/mol. The summed E-state index contributed by atoms with van der Waals surface area (Å²) in [6.07, 6.45) is 5.11. The van der Waals surface area contributed by atoms with E-state index in [1.165, 1.54) is 6.42 Å². The predicted molar refractivity (Wildman–Crippen MR) is 95.9 cm³/mol. The molecule has 0 aromatic carbocycles. The van der Waals surface area contributed by atoms with Gasteiger partial charge in [-0.05, 0) is 48.9 Å². The number of carbonyl (C=O) groups is 2. The fourth-order valence-electron chi connectivity index (χ4n) is 6.56. The van der Waals surface area contributed by atoms with Crippen LogP contribution in [0.25, 0.3) is 0 Å². The number of nitrogens with zero attached hydrogens (tertiary/aromatic N) is 1. The van der Waals surface area contributed by atoms with Gasteiger partial charge in [-0.1, -0.05) is 46.7 Å². The Morgan fingerprint density at radius 1 is 1.04 bits per heavy atom. The maximum atomic E-state index is 13.1. The van der Waals surface area contributed by atoms with Gasteiger partial charge in [0.05, 0.1) is 11.1 Å². The van der Waals surface area contributed by atoms with Crippen LogP contribution in [0.2, 0.25) is 0 Å². The molecule has 4 nitrogen and oxygen atoms in total. The highest BCUT2D eigenvalue weighted by atomic mass is 16.7. The van der Waals surface area contributed by atoms with Crippen LogP contribution in [0.5, 0.6) is 0 Å². The molecule has 25 heavy (non-hydrogen) atoms. The highest BCUT2D eigenvalue weighted by Gasteiger charge is 2.73. The van der Waals surface area contributed by atoms with Crippen LogP contribution < -0.4 is 0 Å². The van der Waals surface area contributed by atoms with Crippen LogP contribution in [0.1, 0.15) is 80.1 Å². The summed E-state index contributed by atoms with van der Waals surface area (Å²) >= 11 is 0. The normalized spacial score (nSPS) is 47.7. The lowest BCUT2D eigenvalue weighted by Gasteiger charge is -2.37. The second-order valence-electron chi connectivity index (χ2n) is 10.5. The summed E-state index contributed by atoms with van der Waals surface area (Å²) in [5.41, 5.74) is -0.185. The third-order valence-electron chi connectivity index (χ3n) is 9.85. The topological polar surface area (TPSA) is 55.7 Å². The molecule has 4 fully saturated rings. The Kier molecular flexibility index (Phi) is 3.14. The van der Waals surface area contributed by atoms with E-state index in [9.17, 15) is 9.59 Å². The van der Waals surface area contributed by atoms with Crippen molar-refractivity contribution in [2.75, 3.05) is 0 Å². The summed E-state index contributed by atoms with van der Waals surface area (Å²) in [5, 5.41) is 4.40. The highest BCUT2D eigenvalue weighted by Crippen LogP contribution is 2.71. The Morgan fingerprint density at radius 2 is 1.72 bits per heavy atom. The summed E-state index contributed by atoms with van der Waals surface area (Å²) in [6, 6.07) is 0. The first-order valence-electron chi connectivity index (χ1n) is 9.75. The van der Waals surface area contributed by atoms with Crippen LogP contribution in [0.15, 0.2) is 5.16 Å². The van der Waals surface area contributed by atoms with Crippen molar-refractivity contribution in [3.63, 3.8) is 0 Å². The number of hydrogen-bond acceptors (Lipinski definition) is 4. The van der Waals surface area contributed by atoms with Gasteiger partial charge in [0.1, 0.15) is 5.78 Å². The second kappa shape index (κ2) is 4.55. The number of ketones is 1. The predicted octanol–water partition coefficient (Wildman–Crippen LogP) is 4.52. The molecule has 4 aliphatic carbocycles. The van der Waals surface area contributed by atoms with Crippen molar-refractivity contribution in [2.45, 2.75) is 80.1 Å². The van der Waals surface area contributed by atoms with Crippen LogP contribution in [0, 0.1) is 33.0 Å². The molecule has 4 atom stereocenters. The molecule has 4 saturated carbocycles. The van der Waals surface area contributed by atoms with E-state index in [2.05, 4.69) is 39.8 Å². The average molecular weight is 345 g/mol. The first-order chi connectivity index (χ1) is 11.4. The van der Waals surface area contributed by atoms with Crippen LogP contribution >= 0.6 is 0 Å². The number of fused-ring (bicyclic) bond motifs is 4. The molecule has 4 rings (SSSR count). The van der Waals surface area contributed by atoms with Crippen molar-refractivity contribution in [3.8, 4) is 0 Å². The molecule has 0 spiro atoms. The third-order valence-corrected chi connectivity index (χ3v) is 9.85. The second-order valence-corrected chi connectivity index (χ2v) is 10.5. The maximum Gasteiger partial charge on any atom is 0.342 e. The number of oxime groups is 1. The Bertz CT molecular complexity index is 706. The van der Waals surface area contributed by atoms with Gasteiger partial charge in [0.25, 0.3) is 0 Å². The molecule has 0 N–H and O–H groups in total. The van der Waals surface area contributed by atoms with Gasteiger partial charge in [0, 0.05) is 17.3 Å². The lowest BCUT2D eigenvalue weighted by atomic mass is 9.65. The molecule has 0 aliphatic heterocycles. The monoisotopic (exact) mass is 345 g/mol. The van der Waals surface area contributed by atoms with Crippen LogP contribution in [-0.4, -0.2) is 17.5 Å². The third kappa shape index (κ3) is 1.67. The highest BCUT2D eigenvalue weighted by molar-refractivity contribution is 5.98. The molecule has 0 heterocycles. The molecule has 0 aromatic rings. The van der Waals surface area contributed by atoms with Gasteiger partial charge in [-0.25, -0.2) is 4.79 Å². The van der Waals surface area contributed by atoms with Crippen molar-refractivity contribution in [1.82, 2.24) is 0 Å². The van der Waals surface area contributed by atoms with Crippen molar-refractivity contribution < 1.29 is 14.4 Å². The molecular formula is C21H31NO3. The molecule has 0 unspecified atom stereocenters. The minimum atomic E-state index is -0.697. The molecule has 4 heteroatoms. The van der Waals surface area contributed by atoms with E-state index in [0.717, 1.165) is 31.4 Å². The van der Waals surface area contributed by atoms with Gasteiger partial charge in [0.15, 0.2) is 0 Å². The standard InChI is InChI=1S/C21H31NO3/c1-17(2)13-7-8-19(17,5)14(11-13)22-25-16(24)21-10-9-20(6,15(23)12-21)18(21,3)4/h13H,7-12H2,1-6H3/b22-14-/t13-,19+,20+,21-/m0/s1. The summed E-state index contributed by atoms with van der Waals surface area (Å²) in [5.74, 6) is 0.553. The van der Waals surface area contributed by atoms with E-state index in [1.807, 2.05) is 6.92 Å². The molecule has 0 saturated heterocycles. The zero-order chi connectivity index (χ0) is 18.5. The Labute approximate surface area is 150 Å². The van der Waals surface area contributed by atoms with E-state index in [-0.39, 0.29) is 28.0 Å². The summed E-state index contributed by atoms with van der Waals surface area (Å²) in [6.45, 7) is 13.0. The molecule has 4 aliphatic rings. The Balaban J connectivity index is 1.60. The van der Waals surface area contributed by atoms with Gasteiger partial charge < -0.3 is 4.84 Å². The van der Waals surface area contributed by atoms with Gasteiger partial charge in [-0.2, -0.15) is 0 Å². The van der Waals surface area contributed by atoms with E-state index in [1.54, 1.807) is 0 Å². The Morgan fingerprint density at radius 3 is 2.16 bits per heavy atom. The SMILES string of the molecule is CC1(C)[C@@]2(C(=O)O/N=C3/C[C@@H]4CC[C@@]3(C)C4(C)C)CC[C@]1(C)C(=O)C2.